The number of methoxy groups -OCH3 is 2. The Kier molecular flexibility index (Phi) is 9.78. The Bertz CT molecular complexity index is 154. The van der Waals surface area contributed by atoms with Gasteiger partial charge in [-0.25, -0.2) is 0 Å². The van der Waals surface area contributed by atoms with E-state index in [0.717, 1.165) is 19.5 Å². The van der Waals surface area contributed by atoms with Crippen LogP contribution in [0.4, 0.5) is 0 Å². The normalized spacial score (nSPS) is 10.9. The fourth-order valence-corrected chi connectivity index (χ4v) is 1.32. The molecule has 0 fully saturated rings. The summed E-state index contributed by atoms with van der Waals surface area (Å²) in [5.74, 6) is 0.296. The molecule has 0 aromatic rings. The fraction of sp³-hybridized carbons (Fsp3) is 0.909. The maximum Gasteiger partial charge on any atom is 0.146 e. The molecule has 90 valence electrons. The van der Waals surface area contributed by atoms with E-state index in [1.807, 2.05) is 6.92 Å². The zero-order valence-corrected chi connectivity index (χ0v) is 10.1. The highest BCUT2D eigenvalue weighted by Gasteiger charge is 2.09. The lowest BCUT2D eigenvalue weighted by molar-refractivity contribution is -0.120. The average Bonchev–Trinajstić information content (AvgIpc) is 2.22. The van der Waals surface area contributed by atoms with Crippen molar-refractivity contribution in [1.29, 1.82) is 0 Å². The topological polar surface area (TPSA) is 38.8 Å². The Morgan fingerprint density at radius 3 is 2.07 bits per heavy atom. The van der Waals surface area contributed by atoms with Gasteiger partial charge in [-0.2, -0.15) is 0 Å². The largest absolute Gasteiger partial charge is 0.383 e. The second kappa shape index (κ2) is 10.1. The van der Waals surface area contributed by atoms with E-state index in [1.54, 1.807) is 14.2 Å². The standard InChI is InChI=1S/C11H23NO3/c1-4-5-11(13)10-12(6-8-14-2)7-9-15-3/h4-10H2,1-3H3. The number of hydrogen-bond acceptors (Lipinski definition) is 4. The summed E-state index contributed by atoms with van der Waals surface area (Å²) in [7, 11) is 3.34. The second-order valence-electron chi connectivity index (χ2n) is 3.55. The molecule has 0 radical (unpaired) electrons. The lowest BCUT2D eigenvalue weighted by Crippen LogP contribution is -2.35. The van der Waals surface area contributed by atoms with Crippen LogP contribution >= 0.6 is 0 Å². The van der Waals surface area contributed by atoms with Gasteiger partial charge in [0.2, 0.25) is 0 Å². The molecule has 4 heteroatoms. The molecular formula is C11H23NO3. The monoisotopic (exact) mass is 217 g/mol. The van der Waals surface area contributed by atoms with Crippen molar-refractivity contribution in [3.8, 4) is 0 Å². The SMILES string of the molecule is CCCC(=O)CN(CCOC)CCOC. The third-order valence-electron chi connectivity index (χ3n) is 2.15. The maximum absolute atomic E-state index is 11.5. The van der Waals surface area contributed by atoms with E-state index >= 15 is 0 Å². The highest BCUT2D eigenvalue weighted by molar-refractivity contribution is 5.80. The fourth-order valence-electron chi connectivity index (χ4n) is 1.32. The third-order valence-corrected chi connectivity index (χ3v) is 2.15. The molecule has 15 heavy (non-hydrogen) atoms. The van der Waals surface area contributed by atoms with Crippen LogP contribution in [0.1, 0.15) is 19.8 Å². The number of nitrogens with zero attached hydrogens (tertiary/aromatic N) is 1. The van der Waals surface area contributed by atoms with E-state index in [1.165, 1.54) is 0 Å². The minimum absolute atomic E-state index is 0.296. The van der Waals surface area contributed by atoms with Gasteiger partial charge in [0.05, 0.1) is 19.8 Å². The first-order chi connectivity index (χ1) is 7.24. The number of ketones is 1. The van der Waals surface area contributed by atoms with Crippen molar-refractivity contribution in [1.82, 2.24) is 4.90 Å². The summed E-state index contributed by atoms with van der Waals surface area (Å²) in [6.07, 6.45) is 1.58. The van der Waals surface area contributed by atoms with Gasteiger partial charge in [0.15, 0.2) is 0 Å². The van der Waals surface area contributed by atoms with Crippen molar-refractivity contribution in [2.24, 2.45) is 0 Å². The molecule has 0 N–H and O–H groups in total. The van der Waals surface area contributed by atoms with Gasteiger partial charge >= 0.3 is 0 Å². The van der Waals surface area contributed by atoms with Crippen LogP contribution in [0.3, 0.4) is 0 Å². The minimum atomic E-state index is 0.296. The maximum atomic E-state index is 11.5. The summed E-state index contributed by atoms with van der Waals surface area (Å²) < 4.78 is 10.0. The van der Waals surface area contributed by atoms with Crippen LogP contribution in [0.5, 0.6) is 0 Å². The van der Waals surface area contributed by atoms with Crippen molar-refractivity contribution < 1.29 is 14.3 Å². The molecule has 0 atom stereocenters. The Hall–Kier alpha value is -0.450. The molecule has 0 heterocycles. The summed E-state index contributed by atoms with van der Waals surface area (Å²) in [5.41, 5.74) is 0. The molecule has 0 spiro atoms. The van der Waals surface area contributed by atoms with Gasteiger partial charge in [0.1, 0.15) is 5.78 Å². The van der Waals surface area contributed by atoms with E-state index in [0.29, 0.717) is 32.0 Å². The molecule has 0 saturated heterocycles. The molecule has 4 nitrogen and oxygen atoms in total. The van der Waals surface area contributed by atoms with Crippen LogP contribution in [-0.2, 0) is 14.3 Å². The van der Waals surface area contributed by atoms with Gasteiger partial charge < -0.3 is 9.47 Å². The van der Waals surface area contributed by atoms with Crippen LogP contribution in [0, 0.1) is 0 Å². The molecule has 0 aliphatic rings. The highest BCUT2D eigenvalue weighted by Crippen LogP contribution is 1.95. The molecule has 0 aliphatic carbocycles. The average molecular weight is 217 g/mol. The quantitative estimate of drug-likeness (QED) is 0.546. The number of hydrogen-bond donors (Lipinski definition) is 0. The Balaban J connectivity index is 3.82. The van der Waals surface area contributed by atoms with Gasteiger partial charge in [-0.1, -0.05) is 6.92 Å². The lowest BCUT2D eigenvalue weighted by Gasteiger charge is -2.20. The van der Waals surface area contributed by atoms with Crippen LogP contribution in [0.2, 0.25) is 0 Å². The van der Waals surface area contributed by atoms with Crippen LogP contribution in [-0.4, -0.2) is 57.8 Å². The van der Waals surface area contributed by atoms with Gasteiger partial charge in [-0.05, 0) is 6.42 Å². The number of carbonyl (C=O) groups excluding carboxylic acids is 1. The van der Waals surface area contributed by atoms with Crippen LogP contribution in [0.25, 0.3) is 0 Å². The number of ether oxygens (including phenoxy) is 2. The second-order valence-corrected chi connectivity index (χ2v) is 3.55. The Labute approximate surface area is 92.5 Å². The van der Waals surface area contributed by atoms with Gasteiger partial charge in [-0.15, -0.1) is 0 Å². The third kappa shape index (κ3) is 8.54. The van der Waals surface area contributed by atoms with Crippen molar-refractivity contribution in [3.63, 3.8) is 0 Å². The molecule has 0 amide bonds. The van der Waals surface area contributed by atoms with Crippen molar-refractivity contribution in [2.75, 3.05) is 47.1 Å². The summed E-state index contributed by atoms with van der Waals surface area (Å²) in [6.45, 7) is 5.42. The zero-order chi connectivity index (χ0) is 11.5. The molecule has 0 saturated carbocycles. The number of rotatable bonds is 10. The van der Waals surface area contributed by atoms with E-state index in [-0.39, 0.29) is 0 Å². The van der Waals surface area contributed by atoms with E-state index in [9.17, 15) is 4.79 Å². The van der Waals surface area contributed by atoms with Gasteiger partial charge in [0.25, 0.3) is 0 Å². The highest BCUT2D eigenvalue weighted by atomic mass is 16.5. The molecule has 0 bridgehead atoms. The molecule has 0 aromatic carbocycles. The minimum Gasteiger partial charge on any atom is -0.383 e. The number of carbonyl (C=O) groups is 1. The smallest absolute Gasteiger partial charge is 0.146 e. The predicted octanol–water partition coefficient (Wildman–Crippen LogP) is 0.950. The lowest BCUT2D eigenvalue weighted by atomic mass is 10.2. The van der Waals surface area contributed by atoms with Crippen LogP contribution < -0.4 is 0 Å². The first-order valence-corrected chi connectivity index (χ1v) is 5.46. The summed E-state index contributed by atoms with van der Waals surface area (Å²) in [6, 6.07) is 0. The van der Waals surface area contributed by atoms with Crippen LogP contribution in [0.15, 0.2) is 0 Å². The predicted molar refractivity (Wildman–Crippen MR) is 60.1 cm³/mol. The first kappa shape index (κ1) is 14.6. The first-order valence-electron chi connectivity index (χ1n) is 5.46. The van der Waals surface area contributed by atoms with E-state index in [4.69, 9.17) is 9.47 Å². The van der Waals surface area contributed by atoms with E-state index in [2.05, 4.69) is 4.90 Å². The molecule has 0 rings (SSSR count). The Morgan fingerprint density at radius 2 is 1.67 bits per heavy atom. The molecule has 0 aliphatic heterocycles. The Morgan fingerprint density at radius 1 is 1.13 bits per heavy atom. The molecule has 0 aromatic heterocycles. The van der Waals surface area contributed by atoms with Crippen molar-refractivity contribution >= 4 is 5.78 Å². The van der Waals surface area contributed by atoms with Crippen molar-refractivity contribution in [2.45, 2.75) is 19.8 Å². The van der Waals surface area contributed by atoms with Crippen molar-refractivity contribution in [3.05, 3.63) is 0 Å². The molecular weight excluding hydrogens is 194 g/mol. The summed E-state index contributed by atoms with van der Waals surface area (Å²) >= 11 is 0. The molecule has 0 unspecified atom stereocenters. The summed E-state index contributed by atoms with van der Waals surface area (Å²) in [4.78, 5) is 13.5. The van der Waals surface area contributed by atoms with Gasteiger partial charge in [0, 0.05) is 33.7 Å². The van der Waals surface area contributed by atoms with E-state index < -0.39 is 0 Å². The zero-order valence-electron chi connectivity index (χ0n) is 10.1. The summed E-state index contributed by atoms with van der Waals surface area (Å²) in [5, 5.41) is 0. The van der Waals surface area contributed by atoms with Gasteiger partial charge in [-0.3, -0.25) is 9.69 Å². The number of Topliss-reactive ketones (excluding diaryl/α,β-unsaturated/α-hetero) is 1.